The second-order valence-corrected chi connectivity index (χ2v) is 7.00. The van der Waals surface area contributed by atoms with E-state index in [1.54, 1.807) is 13.8 Å². The van der Waals surface area contributed by atoms with Gasteiger partial charge < -0.3 is 14.6 Å². The van der Waals surface area contributed by atoms with Gasteiger partial charge in [-0.2, -0.15) is 17.0 Å². The van der Waals surface area contributed by atoms with Crippen LogP contribution < -0.4 is 0 Å². The van der Waals surface area contributed by atoms with Crippen LogP contribution in [0.15, 0.2) is 0 Å². The van der Waals surface area contributed by atoms with Crippen molar-refractivity contribution in [2.45, 2.75) is 32.1 Å². The molecule has 0 aromatic rings. The first-order valence-corrected chi connectivity index (χ1v) is 7.95. The second-order valence-electron chi connectivity index (χ2n) is 5.12. The maximum absolute atomic E-state index is 12.6. The third-order valence-electron chi connectivity index (χ3n) is 3.37. The molecule has 0 radical (unpaired) electrons. The Morgan fingerprint density at radius 3 is 2.40 bits per heavy atom. The molecule has 0 bridgehead atoms. The van der Waals surface area contributed by atoms with Crippen molar-refractivity contribution in [3.05, 3.63) is 0 Å². The third-order valence-corrected chi connectivity index (χ3v) is 5.35. The SMILES string of the molecule is CC1CN(S(=O)(=O)N2CCOCC2C(=O)O)CC(C)O1. The van der Waals surface area contributed by atoms with Crippen LogP contribution in [0.25, 0.3) is 0 Å². The van der Waals surface area contributed by atoms with Gasteiger partial charge in [0, 0.05) is 19.6 Å². The fourth-order valence-corrected chi connectivity index (χ4v) is 4.40. The van der Waals surface area contributed by atoms with Crippen molar-refractivity contribution in [3.63, 3.8) is 0 Å². The Morgan fingerprint density at radius 2 is 1.85 bits per heavy atom. The number of hydrogen-bond donors (Lipinski definition) is 1. The summed E-state index contributed by atoms with van der Waals surface area (Å²) in [5, 5.41) is 9.15. The molecule has 20 heavy (non-hydrogen) atoms. The van der Waals surface area contributed by atoms with Gasteiger partial charge >= 0.3 is 5.97 Å². The highest BCUT2D eigenvalue weighted by molar-refractivity contribution is 7.86. The predicted molar refractivity (Wildman–Crippen MR) is 69.5 cm³/mol. The van der Waals surface area contributed by atoms with E-state index in [4.69, 9.17) is 14.6 Å². The van der Waals surface area contributed by atoms with Gasteiger partial charge in [-0.05, 0) is 13.8 Å². The summed E-state index contributed by atoms with van der Waals surface area (Å²) in [6.07, 6.45) is -0.421. The van der Waals surface area contributed by atoms with E-state index in [1.807, 2.05) is 0 Å². The van der Waals surface area contributed by atoms with E-state index in [2.05, 4.69) is 0 Å². The van der Waals surface area contributed by atoms with Crippen molar-refractivity contribution in [3.8, 4) is 0 Å². The Labute approximate surface area is 118 Å². The van der Waals surface area contributed by atoms with Gasteiger partial charge in [-0.3, -0.25) is 4.79 Å². The van der Waals surface area contributed by atoms with Crippen LogP contribution in [0.5, 0.6) is 0 Å². The molecule has 2 heterocycles. The minimum atomic E-state index is -3.82. The number of nitrogens with zero attached hydrogens (tertiary/aromatic N) is 2. The largest absolute Gasteiger partial charge is 0.480 e. The van der Waals surface area contributed by atoms with E-state index >= 15 is 0 Å². The Balaban J connectivity index is 2.21. The lowest BCUT2D eigenvalue weighted by Crippen LogP contribution is -2.59. The summed E-state index contributed by atoms with van der Waals surface area (Å²) in [5.41, 5.74) is 0. The first kappa shape index (κ1) is 15.6. The first-order valence-electron chi connectivity index (χ1n) is 6.55. The fourth-order valence-electron chi connectivity index (χ4n) is 2.53. The third kappa shape index (κ3) is 3.12. The quantitative estimate of drug-likeness (QED) is 0.728. The smallest absolute Gasteiger partial charge is 0.324 e. The Morgan fingerprint density at radius 1 is 1.25 bits per heavy atom. The summed E-state index contributed by atoms with van der Waals surface area (Å²) in [7, 11) is -3.82. The van der Waals surface area contributed by atoms with Crippen molar-refractivity contribution in [2.75, 3.05) is 32.8 Å². The van der Waals surface area contributed by atoms with Crippen LogP contribution in [0.1, 0.15) is 13.8 Å². The summed E-state index contributed by atoms with van der Waals surface area (Å²) >= 11 is 0. The van der Waals surface area contributed by atoms with Gasteiger partial charge in [0.05, 0.1) is 25.4 Å². The van der Waals surface area contributed by atoms with E-state index in [9.17, 15) is 13.2 Å². The van der Waals surface area contributed by atoms with Gasteiger partial charge in [0.1, 0.15) is 6.04 Å². The van der Waals surface area contributed by atoms with Crippen LogP contribution in [-0.4, -0.2) is 79.2 Å². The number of ether oxygens (including phenoxy) is 2. The van der Waals surface area contributed by atoms with Crippen molar-refractivity contribution < 1.29 is 27.8 Å². The predicted octanol–water partition coefficient (Wildman–Crippen LogP) is -0.874. The average Bonchev–Trinajstić information content (AvgIpc) is 2.37. The average molecular weight is 308 g/mol. The minimum absolute atomic E-state index is 0.0550. The van der Waals surface area contributed by atoms with Crippen molar-refractivity contribution in [1.82, 2.24) is 8.61 Å². The molecular formula is C11H20N2O6S. The van der Waals surface area contributed by atoms with Gasteiger partial charge in [-0.25, -0.2) is 0 Å². The molecule has 2 saturated heterocycles. The zero-order chi connectivity index (χ0) is 14.9. The van der Waals surface area contributed by atoms with E-state index in [1.165, 1.54) is 4.31 Å². The van der Waals surface area contributed by atoms with Crippen molar-refractivity contribution in [2.24, 2.45) is 0 Å². The molecule has 0 amide bonds. The van der Waals surface area contributed by atoms with Gasteiger partial charge in [-0.15, -0.1) is 0 Å². The van der Waals surface area contributed by atoms with Crippen LogP contribution in [-0.2, 0) is 24.5 Å². The Hall–Kier alpha value is -0.740. The molecule has 2 rings (SSSR count). The van der Waals surface area contributed by atoms with Gasteiger partial charge in [-0.1, -0.05) is 0 Å². The number of rotatable bonds is 3. The van der Waals surface area contributed by atoms with E-state index in [-0.39, 0.29) is 45.1 Å². The summed E-state index contributed by atoms with van der Waals surface area (Å²) in [6, 6.07) is -1.16. The van der Waals surface area contributed by atoms with Crippen LogP contribution in [0, 0.1) is 0 Å². The number of morpholine rings is 2. The van der Waals surface area contributed by atoms with Gasteiger partial charge in [0.2, 0.25) is 0 Å². The van der Waals surface area contributed by atoms with E-state index in [0.717, 1.165) is 4.31 Å². The minimum Gasteiger partial charge on any atom is -0.480 e. The lowest BCUT2D eigenvalue weighted by molar-refractivity contribution is -0.146. The molecule has 116 valence electrons. The van der Waals surface area contributed by atoms with E-state index < -0.39 is 22.2 Å². The molecule has 2 aliphatic rings. The summed E-state index contributed by atoms with van der Waals surface area (Å²) in [5.74, 6) is -1.19. The lowest BCUT2D eigenvalue weighted by atomic mass is 10.3. The highest BCUT2D eigenvalue weighted by atomic mass is 32.2. The van der Waals surface area contributed by atoms with E-state index in [0.29, 0.717) is 0 Å². The van der Waals surface area contributed by atoms with Crippen molar-refractivity contribution >= 4 is 16.2 Å². The number of aliphatic carboxylic acids is 1. The Bertz CT molecular complexity index is 458. The molecule has 9 heteroatoms. The van der Waals surface area contributed by atoms with Crippen LogP contribution in [0.3, 0.4) is 0 Å². The standard InChI is InChI=1S/C11H20N2O6S/c1-8-5-12(6-9(2)19-8)20(16,17)13-3-4-18-7-10(13)11(14)15/h8-10H,3-7H2,1-2H3,(H,14,15). The second kappa shape index (κ2) is 5.94. The van der Waals surface area contributed by atoms with Crippen LogP contribution in [0.2, 0.25) is 0 Å². The summed E-state index contributed by atoms with van der Waals surface area (Å²) in [4.78, 5) is 11.2. The van der Waals surface area contributed by atoms with Crippen LogP contribution >= 0.6 is 0 Å². The number of carboxylic acids is 1. The molecule has 0 spiro atoms. The normalized spacial score (nSPS) is 34.0. The maximum atomic E-state index is 12.6. The van der Waals surface area contributed by atoms with Crippen LogP contribution in [0.4, 0.5) is 0 Å². The topological polar surface area (TPSA) is 96.4 Å². The summed E-state index contributed by atoms with van der Waals surface area (Å²) in [6.45, 7) is 4.20. The molecule has 3 unspecified atom stereocenters. The Kier molecular flexibility index (Phi) is 4.65. The monoisotopic (exact) mass is 308 g/mol. The van der Waals surface area contributed by atoms with Gasteiger partial charge in [0.15, 0.2) is 0 Å². The number of carbonyl (C=O) groups is 1. The highest BCUT2D eigenvalue weighted by Gasteiger charge is 2.42. The molecule has 3 atom stereocenters. The molecule has 0 aromatic carbocycles. The first-order chi connectivity index (χ1) is 9.32. The van der Waals surface area contributed by atoms with Crippen molar-refractivity contribution in [1.29, 1.82) is 0 Å². The number of carboxylic acid groups (broad SMARTS) is 1. The molecule has 0 saturated carbocycles. The molecule has 8 nitrogen and oxygen atoms in total. The summed E-state index contributed by atoms with van der Waals surface area (Å²) < 4.78 is 38.1. The highest BCUT2D eigenvalue weighted by Crippen LogP contribution is 2.21. The molecule has 0 aliphatic carbocycles. The zero-order valence-corrected chi connectivity index (χ0v) is 12.4. The lowest BCUT2D eigenvalue weighted by Gasteiger charge is -2.40. The molecular weight excluding hydrogens is 288 g/mol. The molecule has 0 aromatic heterocycles. The fraction of sp³-hybridized carbons (Fsp3) is 0.909. The maximum Gasteiger partial charge on any atom is 0.324 e. The molecule has 1 N–H and O–H groups in total. The van der Waals surface area contributed by atoms with Gasteiger partial charge in [0.25, 0.3) is 10.2 Å². The number of hydrogen-bond acceptors (Lipinski definition) is 5. The zero-order valence-electron chi connectivity index (χ0n) is 11.6. The molecule has 2 aliphatic heterocycles. The molecule has 2 fully saturated rings.